The number of nitrogens with zero attached hydrogens (tertiary/aromatic N) is 3. The Labute approximate surface area is 177 Å². The van der Waals surface area contributed by atoms with Crippen LogP contribution in [0.5, 0.6) is 0 Å². The van der Waals surface area contributed by atoms with Crippen LogP contribution < -0.4 is 0 Å². The van der Waals surface area contributed by atoms with Crippen LogP contribution in [0, 0.1) is 12.3 Å². The van der Waals surface area contributed by atoms with Gasteiger partial charge in [0.1, 0.15) is 11.9 Å². The van der Waals surface area contributed by atoms with Crippen LogP contribution in [0.2, 0.25) is 0 Å². The van der Waals surface area contributed by atoms with E-state index in [1.165, 1.54) is 0 Å². The van der Waals surface area contributed by atoms with Crippen LogP contribution in [0.25, 0.3) is 11.5 Å². The lowest BCUT2D eigenvalue weighted by Crippen LogP contribution is -2.45. The molecule has 2 aromatic rings. The van der Waals surface area contributed by atoms with Gasteiger partial charge in [0.2, 0.25) is 11.8 Å². The number of aromatic nitrogens is 1. The largest absolute Gasteiger partial charge is 0.461 e. The first kappa shape index (κ1) is 20.6. The van der Waals surface area contributed by atoms with Gasteiger partial charge in [0.05, 0.1) is 17.5 Å². The number of benzene rings is 1. The summed E-state index contributed by atoms with van der Waals surface area (Å²) in [5.41, 5.74) is 1.14. The standard InChI is InChI=1S/C23H29N3O4/c1-16-19(24-21(29-16)17-7-5-4-6-8-17)13-20(27)26-11-9-23(10-12-26)14-18(15-25(2)3)30-22(23)28/h4-8,18H,9-15H2,1-3H3. The van der Waals surface area contributed by atoms with E-state index in [0.717, 1.165) is 18.5 Å². The van der Waals surface area contributed by atoms with Crippen LogP contribution in [0.1, 0.15) is 30.7 Å². The first-order valence-electron chi connectivity index (χ1n) is 10.5. The summed E-state index contributed by atoms with van der Waals surface area (Å²) in [4.78, 5) is 33.8. The van der Waals surface area contributed by atoms with Crippen LogP contribution in [0.15, 0.2) is 34.7 Å². The molecule has 0 saturated carbocycles. The molecule has 1 unspecified atom stereocenters. The number of hydrogen-bond acceptors (Lipinski definition) is 6. The minimum absolute atomic E-state index is 0.0251. The third-order valence-corrected chi connectivity index (χ3v) is 6.20. The Balaban J connectivity index is 1.36. The first-order valence-corrected chi connectivity index (χ1v) is 10.5. The first-order chi connectivity index (χ1) is 14.4. The van der Waals surface area contributed by atoms with Crippen LogP contribution >= 0.6 is 0 Å². The van der Waals surface area contributed by atoms with Gasteiger partial charge < -0.3 is 19.0 Å². The molecule has 2 saturated heterocycles. The number of likely N-dealkylation sites (N-methyl/N-ethyl adjacent to an activating group) is 1. The number of rotatable bonds is 5. The van der Waals surface area contributed by atoms with Gasteiger partial charge in [0.15, 0.2) is 0 Å². The molecule has 1 spiro atoms. The predicted octanol–water partition coefficient (Wildman–Crippen LogP) is 2.68. The Morgan fingerprint density at radius 2 is 1.93 bits per heavy atom. The summed E-state index contributed by atoms with van der Waals surface area (Å²) in [5.74, 6) is 1.13. The van der Waals surface area contributed by atoms with Crippen LogP contribution in [-0.4, -0.2) is 66.5 Å². The minimum Gasteiger partial charge on any atom is -0.461 e. The van der Waals surface area contributed by atoms with Gasteiger partial charge >= 0.3 is 5.97 Å². The van der Waals surface area contributed by atoms with E-state index >= 15 is 0 Å². The maximum atomic E-state index is 12.9. The number of carbonyl (C=O) groups excluding carboxylic acids is 2. The highest BCUT2D eigenvalue weighted by Crippen LogP contribution is 2.43. The van der Waals surface area contributed by atoms with Gasteiger partial charge in [-0.25, -0.2) is 4.98 Å². The summed E-state index contributed by atoms with van der Waals surface area (Å²) < 4.78 is 11.4. The zero-order chi connectivity index (χ0) is 21.3. The second-order valence-corrected chi connectivity index (χ2v) is 8.72. The highest BCUT2D eigenvalue weighted by Gasteiger charge is 2.50. The number of cyclic esters (lactones) is 1. The number of amides is 1. The Morgan fingerprint density at radius 1 is 1.23 bits per heavy atom. The van der Waals surface area contributed by atoms with Gasteiger partial charge in [0, 0.05) is 31.6 Å². The molecule has 0 N–H and O–H groups in total. The molecule has 30 heavy (non-hydrogen) atoms. The lowest BCUT2D eigenvalue weighted by atomic mass is 9.76. The molecule has 160 valence electrons. The number of ether oxygens (including phenoxy) is 1. The SMILES string of the molecule is Cc1oc(-c2ccccc2)nc1CC(=O)N1CCC2(CC1)CC(CN(C)C)OC2=O. The topological polar surface area (TPSA) is 75.9 Å². The fourth-order valence-corrected chi connectivity index (χ4v) is 4.49. The number of aryl methyl sites for hydroxylation is 1. The molecule has 2 aliphatic rings. The van der Waals surface area contributed by atoms with Crippen molar-refractivity contribution in [2.45, 2.75) is 38.7 Å². The van der Waals surface area contributed by atoms with Crippen molar-refractivity contribution in [2.75, 3.05) is 33.7 Å². The van der Waals surface area contributed by atoms with Gasteiger partial charge in [-0.05, 0) is 46.0 Å². The van der Waals surface area contributed by atoms with Crippen molar-refractivity contribution in [1.29, 1.82) is 0 Å². The van der Waals surface area contributed by atoms with Crippen molar-refractivity contribution in [1.82, 2.24) is 14.8 Å². The average Bonchev–Trinajstić information content (AvgIpc) is 3.22. The van der Waals surface area contributed by atoms with Gasteiger partial charge in [-0.1, -0.05) is 18.2 Å². The summed E-state index contributed by atoms with van der Waals surface area (Å²) in [7, 11) is 3.96. The normalized spacial score (nSPS) is 20.7. The molecule has 7 heteroatoms. The number of carbonyl (C=O) groups is 2. The van der Waals surface area contributed by atoms with E-state index in [-0.39, 0.29) is 24.4 Å². The van der Waals surface area contributed by atoms with E-state index in [1.54, 1.807) is 0 Å². The highest BCUT2D eigenvalue weighted by molar-refractivity contribution is 5.81. The molecule has 0 radical (unpaired) electrons. The molecule has 4 rings (SSSR count). The highest BCUT2D eigenvalue weighted by atomic mass is 16.6. The number of piperidine rings is 1. The predicted molar refractivity (Wildman–Crippen MR) is 112 cm³/mol. The number of esters is 1. The Morgan fingerprint density at radius 3 is 2.60 bits per heavy atom. The van der Waals surface area contributed by atoms with Crippen molar-refractivity contribution < 1.29 is 18.7 Å². The maximum absolute atomic E-state index is 12.9. The Kier molecular flexibility index (Phi) is 5.64. The van der Waals surface area contributed by atoms with Crippen molar-refractivity contribution in [3.05, 3.63) is 41.8 Å². The van der Waals surface area contributed by atoms with Crippen molar-refractivity contribution in [2.24, 2.45) is 5.41 Å². The molecule has 0 aliphatic carbocycles. The lowest BCUT2D eigenvalue weighted by Gasteiger charge is -2.36. The Bertz CT molecular complexity index is 914. The summed E-state index contributed by atoms with van der Waals surface area (Å²) >= 11 is 0. The smallest absolute Gasteiger partial charge is 0.312 e. The van der Waals surface area contributed by atoms with E-state index < -0.39 is 5.41 Å². The fraction of sp³-hybridized carbons (Fsp3) is 0.522. The zero-order valence-corrected chi connectivity index (χ0v) is 17.9. The van der Waals surface area contributed by atoms with E-state index in [0.29, 0.717) is 43.3 Å². The second-order valence-electron chi connectivity index (χ2n) is 8.72. The van der Waals surface area contributed by atoms with Gasteiger partial charge in [-0.2, -0.15) is 0 Å². The zero-order valence-electron chi connectivity index (χ0n) is 17.9. The number of oxazole rings is 1. The van der Waals surface area contributed by atoms with E-state index in [9.17, 15) is 9.59 Å². The van der Waals surface area contributed by atoms with Gasteiger partial charge in [-0.3, -0.25) is 9.59 Å². The quantitative estimate of drug-likeness (QED) is 0.704. The van der Waals surface area contributed by atoms with Crippen molar-refractivity contribution in [3.8, 4) is 11.5 Å². The van der Waals surface area contributed by atoms with E-state index in [2.05, 4.69) is 4.98 Å². The third-order valence-electron chi connectivity index (χ3n) is 6.20. The monoisotopic (exact) mass is 411 g/mol. The Hall–Kier alpha value is -2.67. The van der Waals surface area contributed by atoms with Crippen LogP contribution in [0.3, 0.4) is 0 Å². The van der Waals surface area contributed by atoms with Crippen LogP contribution in [0.4, 0.5) is 0 Å². The van der Waals surface area contributed by atoms with Crippen LogP contribution in [-0.2, 0) is 20.7 Å². The summed E-state index contributed by atoms with van der Waals surface area (Å²) in [6.45, 7) is 3.73. The summed E-state index contributed by atoms with van der Waals surface area (Å²) in [6, 6.07) is 9.67. The fourth-order valence-electron chi connectivity index (χ4n) is 4.49. The summed E-state index contributed by atoms with van der Waals surface area (Å²) in [5, 5.41) is 0. The number of likely N-dealkylation sites (tertiary alicyclic amines) is 1. The van der Waals surface area contributed by atoms with Gasteiger partial charge in [-0.15, -0.1) is 0 Å². The molecule has 2 aliphatic heterocycles. The third kappa shape index (κ3) is 4.12. The van der Waals surface area contributed by atoms with Gasteiger partial charge in [0.25, 0.3) is 0 Å². The maximum Gasteiger partial charge on any atom is 0.312 e. The van der Waals surface area contributed by atoms with Crippen molar-refractivity contribution >= 4 is 11.9 Å². The average molecular weight is 412 g/mol. The molecule has 7 nitrogen and oxygen atoms in total. The molecule has 1 aromatic heterocycles. The van der Waals surface area contributed by atoms with E-state index in [1.807, 2.05) is 61.2 Å². The molecular weight excluding hydrogens is 382 g/mol. The molecule has 2 fully saturated rings. The number of hydrogen-bond donors (Lipinski definition) is 0. The molecule has 3 heterocycles. The second kappa shape index (κ2) is 8.22. The minimum atomic E-state index is -0.429. The molecule has 1 amide bonds. The molecule has 1 atom stereocenters. The lowest BCUT2D eigenvalue weighted by molar-refractivity contribution is -0.152. The molecule has 1 aromatic carbocycles. The van der Waals surface area contributed by atoms with Crippen molar-refractivity contribution in [3.63, 3.8) is 0 Å². The van der Waals surface area contributed by atoms with E-state index in [4.69, 9.17) is 9.15 Å². The summed E-state index contributed by atoms with van der Waals surface area (Å²) in [6.07, 6.45) is 2.23. The molecular formula is C23H29N3O4. The molecule has 0 bridgehead atoms.